The first-order valence-corrected chi connectivity index (χ1v) is 10.6. The van der Waals surface area contributed by atoms with E-state index in [1.54, 1.807) is 4.57 Å². The molecule has 1 aliphatic rings. The van der Waals surface area contributed by atoms with E-state index in [1.165, 1.54) is 6.92 Å². The Balaban J connectivity index is 1.64. The number of fused-ring (bicyclic) bond motifs is 2. The summed E-state index contributed by atoms with van der Waals surface area (Å²) in [5.74, 6) is 1.48. The normalized spacial score (nSPS) is 13.5. The third-order valence-corrected chi connectivity index (χ3v) is 5.80. The molecular weight excluding hydrogens is 522 g/mol. The SMILES string of the molecule is C[C@H](O)C(=O)NCCCn1c(Cc2cc3c(cc2I)OCO3)nc2c(N)nc(F)nc21. The van der Waals surface area contributed by atoms with E-state index in [0.717, 1.165) is 9.13 Å². The third-order valence-electron chi connectivity index (χ3n) is 4.80. The largest absolute Gasteiger partial charge is 0.454 e. The van der Waals surface area contributed by atoms with Crippen LogP contribution in [0, 0.1) is 9.65 Å². The molecule has 3 heterocycles. The van der Waals surface area contributed by atoms with Crippen molar-refractivity contribution in [3.05, 3.63) is 33.2 Å². The molecule has 1 atom stereocenters. The number of nitrogen functional groups attached to an aromatic ring is 1. The number of imidazole rings is 1. The lowest BCUT2D eigenvalue weighted by atomic mass is 10.1. The van der Waals surface area contributed by atoms with Gasteiger partial charge < -0.3 is 30.2 Å². The van der Waals surface area contributed by atoms with Gasteiger partial charge in [-0.2, -0.15) is 14.4 Å². The molecule has 0 bridgehead atoms. The van der Waals surface area contributed by atoms with Crippen LogP contribution in [0.1, 0.15) is 24.7 Å². The Morgan fingerprint density at radius 3 is 2.84 bits per heavy atom. The topological polar surface area (TPSA) is 137 Å². The lowest BCUT2D eigenvalue weighted by molar-refractivity contribution is -0.128. The maximum absolute atomic E-state index is 13.9. The Bertz CT molecular complexity index is 1150. The molecule has 1 aromatic carbocycles. The zero-order chi connectivity index (χ0) is 22.1. The number of hydrogen-bond donors (Lipinski definition) is 3. The van der Waals surface area contributed by atoms with E-state index >= 15 is 0 Å². The molecule has 4 N–H and O–H groups in total. The summed E-state index contributed by atoms with van der Waals surface area (Å²) in [6.07, 6.45) is -1.08. The molecule has 0 spiro atoms. The predicted octanol–water partition coefficient (Wildman–Crippen LogP) is 1.36. The fraction of sp³-hybridized carbons (Fsp3) is 0.368. The van der Waals surface area contributed by atoms with Crippen molar-refractivity contribution < 1.29 is 23.8 Å². The van der Waals surface area contributed by atoms with Crippen molar-refractivity contribution in [1.29, 1.82) is 0 Å². The van der Waals surface area contributed by atoms with E-state index < -0.39 is 18.1 Å². The number of aliphatic hydroxyl groups excluding tert-OH is 1. The number of nitrogens with one attached hydrogen (secondary N) is 1. The minimum Gasteiger partial charge on any atom is -0.454 e. The van der Waals surface area contributed by atoms with E-state index in [2.05, 4.69) is 42.9 Å². The number of amides is 1. The van der Waals surface area contributed by atoms with Gasteiger partial charge >= 0.3 is 6.08 Å². The highest BCUT2D eigenvalue weighted by molar-refractivity contribution is 14.1. The van der Waals surface area contributed by atoms with E-state index in [4.69, 9.17) is 15.2 Å². The van der Waals surface area contributed by atoms with Gasteiger partial charge in [0.25, 0.3) is 0 Å². The van der Waals surface area contributed by atoms with Gasteiger partial charge in [-0.3, -0.25) is 4.79 Å². The Morgan fingerprint density at radius 2 is 2.10 bits per heavy atom. The van der Waals surface area contributed by atoms with E-state index in [1.807, 2.05) is 12.1 Å². The Kier molecular flexibility index (Phi) is 6.09. The van der Waals surface area contributed by atoms with Gasteiger partial charge in [-0.05, 0) is 53.6 Å². The second-order valence-corrected chi connectivity index (χ2v) is 8.19. The lowest BCUT2D eigenvalue weighted by Crippen LogP contribution is -2.33. The monoisotopic (exact) mass is 542 g/mol. The summed E-state index contributed by atoms with van der Waals surface area (Å²) in [7, 11) is 0. The van der Waals surface area contributed by atoms with Crippen LogP contribution in [0.2, 0.25) is 0 Å². The number of nitrogens with two attached hydrogens (primary N) is 1. The first-order chi connectivity index (χ1) is 14.8. The average molecular weight is 542 g/mol. The minimum absolute atomic E-state index is 0.0368. The number of carbonyl (C=O) groups excluding carboxylic acids is 1. The number of rotatable bonds is 7. The molecule has 0 unspecified atom stereocenters. The molecule has 4 rings (SSSR count). The highest BCUT2D eigenvalue weighted by atomic mass is 127. The van der Waals surface area contributed by atoms with Crippen molar-refractivity contribution in [2.24, 2.45) is 0 Å². The van der Waals surface area contributed by atoms with Gasteiger partial charge in [0, 0.05) is 23.1 Å². The molecule has 0 radical (unpaired) electrons. The van der Waals surface area contributed by atoms with E-state index in [-0.39, 0.29) is 18.3 Å². The summed E-state index contributed by atoms with van der Waals surface area (Å²) < 4.78 is 27.5. The Morgan fingerprint density at radius 1 is 1.35 bits per heavy atom. The Hall–Kier alpha value is -2.74. The number of carbonyl (C=O) groups is 1. The first kappa shape index (κ1) is 21.5. The molecule has 2 aromatic heterocycles. The number of halogens is 2. The molecule has 10 nitrogen and oxygen atoms in total. The van der Waals surface area contributed by atoms with Gasteiger partial charge in [0.1, 0.15) is 11.9 Å². The molecule has 12 heteroatoms. The van der Waals surface area contributed by atoms with Crippen LogP contribution in [0.25, 0.3) is 11.2 Å². The van der Waals surface area contributed by atoms with Gasteiger partial charge in [0.05, 0.1) is 0 Å². The number of aromatic nitrogens is 4. The summed E-state index contributed by atoms with van der Waals surface area (Å²) in [4.78, 5) is 23.6. The lowest BCUT2D eigenvalue weighted by Gasteiger charge is -2.11. The van der Waals surface area contributed by atoms with Crippen molar-refractivity contribution in [3.8, 4) is 11.5 Å². The second-order valence-electron chi connectivity index (χ2n) is 7.02. The number of nitrogens with zero attached hydrogens (tertiary/aromatic N) is 4. The summed E-state index contributed by atoms with van der Waals surface area (Å²) >= 11 is 2.21. The van der Waals surface area contributed by atoms with Crippen molar-refractivity contribution in [1.82, 2.24) is 24.8 Å². The van der Waals surface area contributed by atoms with Crippen LogP contribution in [0.4, 0.5) is 10.2 Å². The first-order valence-electron chi connectivity index (χ1n) is 9.55. The van der Waals surface area contributed by atoms with E-state index in [9.17, 15) is 14.3 Å². The molecule has 0 aliphatic carbocycles. The molecule has 164 valence electrons. The smallest absolute Gasteiger partial charge is 0.312 e. The number of benzene rings is 1. The molecule has 31 heavy (non-hydrogen) atoms. The number of ether oxygens (including phenoxy) is 2. The van der Waals surface area contributed by atoms with Crippen molar-refractivity contribution in [3.63, 3.8) is 0 Å². The predicted molar refractivity (Wildman–Crippen MR) is 117 cm³/mol. The summed E-state index contributed by atoms with van der Waals surface area (Å²) in [5.41, 5.74) is 7.44. The van der Waals surface area contributed by atoms with Crippen LogP contribution in [-0.2, 0) is 17.8 Å². The number of aliphatic hydroxyl groups is 1. The van der Waals surface area contributed by atoms with Crippen molar-refractivity contribution in [2.75, 3.05) is 19.1 Å². The van der Waals surface area contributed by atoms with Crippen LogP contribution in [-0.4, -0.2) is 50.0 Å². The van der Waals surface area contributed by atoms with E-state index in [0.29, 0.717) is 48.8 Å². The third kappa shape index (κ3) is 4.49. The Labute approximate surface area is 190 Å². The molecule has 0 fully saturated rings. The quantitative estimate of drug-likeness (QED) is 0.231. The van der Waals surface area contributed by atoms with Crippen molar-refractivity contribution in [2.45, 2.75) is 32.4 Å². The average Bonchev–Trinajstić information content (AvgIpc) is 3.29. The summed E-state index contributed by atoms with van der Waals surface area (Å²) in [6.45, 7) is 2.31. The van der Waals surface area contributed by atoms with Crippen LogP contribution < -0.4 is 20.5 Å². The standard InChI is InChI=1S/C19H20FIN6O4/c1-9(28)18(29)23-3-2-4-27-14(24-15-16(22)25-19(20)26-17(15)27)6-10-5-12-13(7-11(10)21)31-8-30-12/h5,7,9,28H,2-4,6,8H2,1H3,(H,23,29)(H2,22,25,26)/t9-/m0/s1. The van der Waals surface area contributed by atoms with Crippen LogP contribution >= 0.6 is 22.6 Å². The maximum Gasteiger partial charge on any atom is 0.312 e. The van der Waals surface area contributed by atoms with Crippen molar-refractivity contribution >= 4 is 45.5 Å². The van der Waals surface area contributed by atoms with Gasteiger partial charge in [-0.1, -0.05) is 0 Å². The van der Waals surface area contributed by atoms with Gasteiger partial charge in [-0.25, -0.2) is 4.98 Å². The molecular formula is C19H20FIN6O4. The second kappa shape index (κ2) is 8.78. The fourth-order valence-corrected chi connectivity index (χ4v) is 3.90. The molecule has 3 aromatic rings. The summed E-state index contributed by atoms with van der Waals surface area (Å²) in [6, 6.07) is 3.79. The zero-order valence-electron chi connectivity index (χ0n) is 16.6. The summed E-state index contributed by atoms with van der Waals surface area (Å²) in [5, 5.41) is 11.9. The molecule has 1 aliphatic heterocycles. The highest BCUT2D eigenvalue weighted by Crippen LogP contribution is 2.36. The van der Waals surface area contributed by atoms with Crippen LogP contribution in [0.5, 0.6) is 11.5 Å². The van der Waals surface area contributed by atoms with Gasteiger partial charge in [0.2, 0.25) is 12.7 Å². The van der Waals surface area contributed by atoms with Crippen LogP contribution in [0.15, 0.2) is 12.1 Å². The number of aryl methyl sites for hydroxylation is 1. The fourth-order valence-electron chi connectivity index (χ4n) is 3.27. The highest BCUT2D eigenvalue weighted by Gasteiger charge is 2.21. The van der Waals surface area contributed by atoms with Gasteiger partial charge in [0.15, 0.2) is 28.5 Å². The zero-order valence-corrected chi connectivity index (χ0v) is 18.7. The van der Waals surface area contributed by atoms with Crippen LogP contribution in [0.3, 0.4) is 0 Å². The number of hydrogen-bond acceptors (Lipinski definition) is 8. The minimum atomic E-state index is -1.08. The molecule has 1 amide bonds. The maximum atomic E-state index is 13.9. The molecule has 0 saturated heterocycles. The number of anilines is 1. The molecule has 0 saturated carbocycles. The van der Waals surface area contributed by atoms with Gasteiger partial charge in [-0.15, -0.1) is 0 Å².